The van der Waals surface area contributed by atoms with Crippen LogP contribution in [-0.2, 0) is 0 Å². The molecule has 2 atom stereocenters. The number of hydrogen-bond donors (Lipinski definition) is 3. The molecular weight excluding hydrogens is 233 g/mol. The Morgan fingerprint density at radius 2 is 1.88 bits per heavy atom. The van der Waals surface area contributed by atoms with Gasteiger partial charge in [-0.25, -0.2) is 4.39 Å². The molecule has 0 aliphatic carbocycles. The highest BCUT2D eigenvalue weighted by atomic mass is 35.5. The molecule has 0 heterocycles. The van der Waals surface area contributed by atoms with Gasteiger partial charge in [0.15, 0.2) is 11.6 Å². The van der Waals surface area contributed by atoms with Crippen molar-refractivity contribution in [3.63, 3.8) is 0 Å². The topological polar surface area (TPSA) is 66.5 Å². The Kier molecular flexibility index (Phi) is 5.72. The lowest BCUT2D eigenvalue weighted by Gasteiger charge is -2.22. The SMILES string of the molecule is CC(C)[C@@H](O)[C@@H](N)c1ccc(O)c(F)c1.Cl. The molecular formula is C11H17ClFNO2. The second kappa shape index (κ2) is 6.03. The average molecular weight is 250 g/mol. The standard InChI is InChI=1S/C11H16FNO2.ClH/c1-6(2)11(15)10(13)7-3-4-9(14)8(12)5-7;/h3-6,10-11,14-15H,13H2,1-2H3;1H/t10-,11+;/m0./s1. The Labute approximate surface area is 101 Å². The van der Waals surface area contributed by atoms with E-state index in [1.807, 2.05) is 13.8 Å². The smallest absolute Gasteiger partial charge is 0.165 e. The maximum Gasteiger partial charge on any atom is 0.165 e. The maximum absolute atomic E-state index is 13.0. The fourth-order valence-electron chi connectivity index (χ4n) is 1.34. The molecule has 0 spiro atoms. The number of phenols is 1. The summed E-state index contributed by atoms with van der Waals surface area (Å²) in [5, 5.41) is 18.7. The predicted octanol–water partition coefficient (Wildman–Crippen LogP) is 1.97. The zero-order valence-corrected chi connectivity index (χ0v) is 10.0. The minimum absolute atomic E-state index is 0. The number of halogens is 2. The normalized spacial score (nSPS) is 14.4. The molecule has 1 aromatic rings. The highest BCUT2D eigenvalue weighted by molar-refractivity contribution is 5.85. The third-order valence-electron chi connectivity index (χ3n) is 2.41. The van der Waals surface area contributed by atoms with Crippen molar-refractivity contribution in [2.24, 2.45) is 11.7 Å². The summed E-state index contributed by atoms with van der Waals surface area (Å²) in [5.41, 5.74) is 6.24. The van der Waals surface area contributed by atoms with Gasteiger partial charge in [-0.2, -0.15) is 0 Å². The van der Waals surface area contributed by atoms with E-state index in [-0.39, 0.29) is 18.3 Å². The molecule has 0 amide bonds. The molecule has 0 unspecified atom stereocenters. The van der Waals surface area contributed by atoms with Gasteiger partial charge in [0, 0.05) is 0 Å². The lowest BCUT2D eigenvalue weighted by molar-refractivity contribution is 0.0978. The van der Waals surface area contributed by atoms with Crippen LogP contribution in [0.2, 0.25) is 0 Å². The van der Waals surface area contributed by atoms with Crippen molar-refractivity contribution in [3.8, 4) is 5.75 Å². The summed E-state index contributed by atoms with van der Waals surface area (Å²) >= 11 is 0. The molecule has 0 saturated carbocycles. The average Bonchev–Trinajstić information content (AvgIpc) is 2.19. The zero-order chi connectivity index (χ0) is 11.6. The van der Waals surface area contributed by atoms with Gasteiger partial charge in [0.1, 0.15) is 0 Å². The summed E-state index contributed by atoms with van der Waals surface area (Å²) < 4.78 is 13.0. The van der Waals surface area contributed by atoms with Gasteiger partial charge in [0.05, 0.1) is 12.1 Å². The van der Waals surface area contributed by atoms with Crippen molar-refractivity contribution < 1.29 is 14.6 Å². The number of hydrogen-bond acceptors (Lipinski definition) is 3. The third kappa shape index (κ3) is 3.33. The van der Waals surface area contributed by atoms with Crippen LogP contribution in [0, 0.1) is 11.7 Å². The quantitative estimate of drug-likeness (QED) is 0.767. The summed E-state index contributed by atoms with van der Waals surface area (Å²) in [6.07, 6.45) is -0.728. The van der Waals surface area contributed by atoms with E-state index in [2.05, 4.69) is 0 Å². The molecule has 4 N–H and O–H groups in total. The molecule has 1 aromatic carbocycles. The van der Waals surface area contributed by atoms with E-state index in [1.165, 1.54) is 12.1 Å². The Balaban J connectivity index is 0.00000225. The summed E-state index contributed by atoms with van der Waals surface area (Å²) in [7, 11) is 0. The van der Waals surface area contributed by atoms with Crippen molar-refractivity contribution in [1.29, 1.82) is 0 Å². The molecule has 5 heteroatoms. The molecule has 0 bridgehead atoms. The van der Waals surface area contributed by atoms with Gasteiger partial charge >= 0.3 is 0 Å². The van der Waals surface area contributed by atoms with Crippen LogP contribution in [0.25, 0.3) is 0 Å². The van der Waals surface area contributed by atoms with Crippen molar-refractivity contribution in [1.82, 2.24) is 0 Å². The Morgan fingerprint density at radius 1 is 1.31 bits per heavy atom. The van der Waals surface area contributed by atoms with E-state index in [1.54, 1.807) is 0 Å². The number of aliphatic hydroxyl groups is 1. The van der Waals surface area contributed by atoms with Gasteiger partial charge in [-0.05, 0) is 23.6 Å². The molecule has 1 rings (SSSR count). The fraction of sp³-hybridized carbons (Fsp3) is 0.455. The lowest BCUT2D eigenvalue weighted by atomic mass is 9.94. The van der Waals surface area contributed by atoms with Crippen molar-refractivity contribution in [2.75, 3.05) is 0 Å². The minimum Gasteiger partial charge on any atom is -0.505 e. The number of aromatic hydroxyl groups is 1. The van der Waals surface area contributed by atoms with Gasteiger partial charge in [-0.15, -0.1) is 12.4 Å². The van der Waals surface area contributed by atoms with E-state index in [0.717, 1.165) is 6.07 Å². The number of nitrogens with two attached hydrogens (primary N) is 1. The molecule has 0 fully saturated rings. The monoisotopic (exact) mass is 249 g/mol. The second-order valence-corrected chi connectivity index (χ2v) is 3.97. The van der Waals surface area contributed by atoms with E-state index in [0.29, 0.717) is 5.56 Å². The van der Waals surface area contributed by atoms with Gasteiger partial charge in [-0.3, -0.25) is 0 Å². The summed E-state index contributed by atoms with van der Waals surface area (Å²) in [4.78, 5) is 0. The van der Waals surface area contributed by atoms with Crippen LogP contribution in [0.1, 0.15) is 25.5 Å². The Morgan fingerprint density at radius 3 is 2.31 bits per heavy atom. The molecule has 3 nitrogen and oxygen atoms in total. The zero-order valence-electron chi connectivity index (χ0n) is 9.22. The second-order valence-electron chi connectivity index (χ2n) is 3.97. The first-order valence-electron chi connectivity index (χ1n) is 4.85. The number of rotatable bonds is 3. The maximum atomic E-state index is 13.0. The molecule has 0 radical (unpaired) electrons. The van der Waals surface area contributed by atoms with E-state index < -0.39 is 23.7 Å². The summed E-state index contributed by atoms with van der Waals surface area (Å²) in [6.45, 7) is 3.67. The highest BCUT2D eigenvalue weighted by Crippen LogP contribution is 2.23. The fourth-order valence-corrected chi connectivity index (χ4v) is 1.34. The predicted molar refractivity (Wildman–Crippen MR) is 63.1 cm³/mol. The number of aliphatic hydroxyl groups excluding tert-OH is 1. The molecule has 16 heavy (non-hydrogen) atoms. The van der Waals surface area contributed by atoms with Crippen molar-refractivity contribution in [3.05, 3.63) is 29.6 Å². The lowest BCUT2D eigenvalue weighted by Crippen LogP contribution is -2.30. The molecule has 0 aromatic heterocycles. The first kappa shape index (κ1) is 15.2. The Bertz CT molecular complexity index is 347. The van der Waals surface area contributed by atoms with Crippen LogP contribution >= 0.6 is 12.4 Å². The molecule has 0 aliphatic heterocycles. The minimum atomic E-state index is -0.728. The van der Waals surface area contributed by atoms with E-state index in [4.69, 9.17) is 10.8 Å². The van der Waals surface area contributed by atoms with Crippen LogP contribution in [0.5, 0.6) is 5.75 Å². The first-order valence-corrected chi connectivity index (χ1v) is 4.85. The van der Waals surface area contributed by atoms with Crippen LogP contribution in [0.15, 0.2) is 18.2 Å². The van der Waals surface area contributed by atoms with Crippen molar-refractivity contribution >= 4 is 12.4 Å². The third-order valence-corrected chi connectivity index (χ3v) is 2.41. The first-order chi connectivity index (χ1) is 6.93. The van der Waals surface area contributed by atoms with Gasteiger partial charge in [0.2, 0.25) is 0 Å². The highest BCUT2D eigenvalue weighted by Gasteiger charge is 2.20. The van der Waals surface area contributed by atoms with Crippen LogP contribution in [0.4, 0.5) is 4.39 Å². The Hall–Kier alpha value is -0.840. The summed E-state index contributed by atoms with van der Waals surface area (Å²) in [6, 6.07) is 3.25. The van der Waals surface area contributed by atoms with Gasteiger partial charge in [0.25, 0.3) is 0 Å². The van der Waals surface area contributed by atoms with Crippen LogP contribution in [-0.4, -0.2) is 16.3 Å². The van der Waals surface area contributed by atoms with Crippen molar-refractivity contribution in [2.45, 2.75) is 26.0 Å². The number of phenolic OH excluding ortho intramolecular Hbond substituents is 1. The molecule has 0 saturated heterocycles. The largest absolute Gasteiger partial charge is 0.505 e. The molecule has 0 aliphatic rings. The van der Waals surface area contributed by atoms with E-state index >= 15 is 0 Å². The van der Waals surface area contributed by atoms with Gasteiger partial charge in [-0.1, -0.05) is 19.9 Å². The number of benzene rings is 1. The van der Waals surface area contributed by atoms with E-state index in [9.17, 15) is 9.50 Å². The van der Waals surface area contributed by atoms with Gasteiger partial charge < -0.3 is 15.9 Å². The summed E-state index contributed by atoms with van der Waals surface area (Å²) in [5.74, 6) is -1.14. The molecule has 92 valence electrons. The van der Waals surface area contributed by atoms with Crippen LogP contribution in [0.3, 0.4) is 0 Å². The van der Waals surface area contributed by atoms with Crippen LogP contribution < -0.4 is 5.73 Å².